The van der Waals surface area contributed by atoms with E-state index in [4.69, 9.17) is 0 Å². The molecule has 1 aromatic carbocycles. The van der Waals surface area contributed by atoms with Crippen molar-refractivity contribution < 1.29 is 9.90 Å². The number of benzene rings is 1. The number of Topliss-reactive ketones (excluding diaryl/α,β-unsaturated/α-hetero) is 1. The summed E-state index contributed by atoms with van der Waals surface area (Å²) in [5.41, 5.74) is 3.73. The van der Waals surface area contributed by atoms with Crippen LogP contribution in [-0.2, 0) is 4.79 Å². The number of carbonyl (C=O) groups excluding carboxylic acids is 1. The van der Waals surface area contributed by atoms with Crippen LogP contribution < -0.4 is 0 Å². The largest absolute Gasteiger partial charge is 0.393 e. The molecule has 1 unspecified atom stereocenters. The lowest BCUT2D eigenvalue weighted by Crippen LogP contribution is -2.50. The maximum Gasteiger partial charge on any atom is 0.165 e. The number of ketones is 1. The molecule has 0 aliphatic heterocycles. The zero-order valence-electron chi connectivity index (χ0n) is 17.2. The third-order valence-electron chi connectivity index (χ3n) is 8.86. The van der Waals surface area contributed by atoms with Gasteiger partial charge in [0.25, 0.3) is 0 Å². The van der Waals surface area contributed by atoms with E-state index < -0.39 is 0 Å². The van der Waals surface area contributed by atoms with Crippen molar-refractivity contribution in [3.05, 3.63) is 53.1 Å². The molecule has 0 amide bonds. The van der Waals surface area contributed by atoms with Crippen LogP contribution in [0.2, 0.25) is 0 Å². The Morgan fingerprint density at radius 2 is 1.75 bits per heavy atom. The minimum absolute atomic E-state index is 0.154. The van der Waals surface area contributed by atoms with E-state index in [0.717, 1.165) is 56.1 Å². The number of hydrogen-bond acceptors (Lipinski definition) is 2. The fourth-order valence-corrected chi connectivity index (χ4v) is 7.19. The second-order valence-electron chi connectivity index (χ2n) is 10.2. The zero-order chi connectivity index (χ0) is 19.5. The number of fused-ring (bicyclic) bond motifs is 5. The van der Waals surface area contributed by atoms with E-state index >= 15 is 0 Å². The molecule has 148 valence electrons. The van der Waals surface area contributed by atoms with E-state index in [-0.39, 0.29) is 16.9 Å². The van der Waals surface area contributed by atoms with Crippen LogP contribution in [0.3, 0.4) is 0 Å². The number of rotatable bonds is 1. The van der Waals surface area contributed by atoms with Crippen molar-refractivity contribution in [2.45, 2.75) is 64.9 Å². The highest BCUT2D eigenvalue weighted by Crippen LogP contribution is 2.64. The summed E-state index contributed by atoms with van der Waals surface area (Å²) in [5, 5.41) is 10.2. The molecule has 0 bridgehead atoms. The minimum Gasteiger partial charge on any atom is -0.393 e. The van der Waals surface area contributed by atoms with Crippen molar-refractivity contribution in [2.75, 3.05) is 0 Å². The van der Waals surface area contributed by atoms with E-state index in [2.05, 4.69) is 38.1 Å². The van der Waals surface area contributed by atoms with Crippen molar-refractivity contribution >= 4 is 11.9 Å². The molecular formula is C26H32O2. The van der Waals surface area contributed by atoms with E-state index in [1.165, 1.54) is 5.57 Å². The van der Waals surface area contributed by atoms with Crippen molar-refractivity contribution in [1.82, 2.24) is 0 Å². The normalized spacial score (nSPS) is 43.9. The van der Waals surface area contributed by atoms with E-state index in [1.807, 2.05) is 18.2 Å². The molecule has 0 spiro atoms. The molecule has 0 saturated heterocycles. The molecule has 2 heteroatoms. The van der Waals surface area contributed by atoms with Gasteiger partial charge in [0.1, 0.15) is 0 Å². The van der Waals surface area contributed by atoms with Crippen LogP contribution >= 0.6 is 0 Å². The van der Waals surface area contributed by atoms with Crippen LogP contribution in [0.5, 0.6) is 0 Å². The van der Waals surface area contributed by atoms with Gasteiger partial charge in [0, 0.05) is 5.41 Å². The van der Waals surface area contributed by atoms with Crippen molar-refractivity contribution in [2.24, 2.45) is 28.6 Å². The number of aliphatic hydroxyl groups is 1. The number of aliphatic hydroxyl groups excluding tert-OH is 1. The predicted molar refractivity (Wildman–Crippen MR) is 113 cm³/mol. The maximum absolute atomic E-state index is 13.4. The van der Waals surface area contributed by atoms with Gasteiger partial charge in [0.05, 0.1) is 6.10 Å². The molecule has 0 radical (unpaired) electrons. The highest BCUT2D eigenvalue weighted by molar-refractivity contribution is 6.05. The van der Waals surface area contributed by atoms with Crippen LogP contribution in [-0.4, -0.2) is 17.0 Å². The molecule has 3 saturated carbocycles. The van der Waals surface area contributed by atoms with Gasteiger partial charge >= 0.3 is 0 Å². The van der Waals surface area contributed by atoms with Gasteiger partial charge in [-0.15, -0.1) is 0 Å². The summed E-state index contributed by atoms with van der Waals surface area (Å²) in [5.74, 6) is 2.14. The van der Waals surface area contributed by atoms with Gasteiger partial charge in [-0.05, 0) is 85.3 Å². The van der Waals surface area contributed by atoms with Gasteiger partial charge in [-0.25, -0.2) is 0 Å². The lowest BCUT2D eigenvalue weighted by molar-refractivity contribution is -0.130. The van der Waals surface area contributed by atoms with E-state index in [0.29, 0.717) is 23.5 Å². The molecule has 1 N–H and O–H groups in total. The monoisotopic (exact) mass is 376 g/mol. The summed E-state index contributed by atoms with van der Waals surface area (Å²) < 4.78 is 0. The first-order valence-electron chi connectivity index (χ1n) is 11.1. The standard InChI is InChI=1S/C26H32O2/c1-25-12-10-20(27)16-19(25)8-9-21-22(25)11-13-26(2)23(21)15-18(24(26)28)14-17-6-4-3-5-7-17/h3-8,14,20-23,27H,9-13,15-16H2,1-2H3/b18-14-/t20?,21-,22+,23+,25+,26+/m1/s1. The Labute approximate surface area is 168 Å². The first-order valence-corrected chi connectivity index (χ1v) is 11.1. The summed E-state index contributed by atoms with van der Waals surface area (Å²) in [6.45, 7) is 4.69. The van der Waals surface area contributed by atoms with E-state index in [9.17, 15) is 9.90 Å². The Morgan fingerprint density at radius 1 is 1.00 bits per heavy atom. The van der Waals surface area contributed by atoms with Crippen LogP contribution in [0.25, 0.3) is 6.08 Å². The van der Waals surface area contributed by atoms with Crippen molar-refractivity contribution in [1.29, 1.82) is 0 Å². The number of hydrogen-bond donors (Lipinski definition) is 1. The van der Waals surface area contributed by atoms with Crippen molar-refractivity contribution in [3.63, 3.8) is 0 Å². The predicted octanol–water partition coefficient (Wildman–Crippen LogP) is 5.57. The summed E-state index contributed by atoms with van der Waals surface area (Å²) >= 11 is 0. The molecule has 4 aliphatic rings. The second-order valence-corrected chi connectivity index (χ2v) is 10.2. The van der Waals surface area contributed by atoms with Crippen molar-refractivity contribution in [3.8, 4) is 0 Å². The third-order valence-corrected chi connectivity index (χ3v) is 8.86. The lowest BCUT2D eigenvalue weighted by atomic mass is 9.48. The first kappa shape index (κ1) is 18.4. The summed E-state index contributed by atoms with van der Waals surface area (Å²) in [6, 6.07) is 10.3. The van der Waals surface area contributed by atoms with Crippen LogP contribution in [0.15, 0.2) is 47.6 Å². The van der Waals surface area contributed by atoms with Gasteiger partial charge < -0.3 is 5.11 Å². The van der Waals surface area contributed by atoms with Gasteiger partial charge in [-0.2, -0.15) is 0 Å². The maximum atomic E-state index is 13.4. The first-order chi connectivity index (χ1) is 13.4. The molecule has 5 rings (SSSR count). The number of allylic oxidation sites excluding steroid dienone is 2. The molecule has 4 aliphatic carbocycles. The molecule has 1 aromatic rings. The highest BCUT2D eigenvalue weighted by atomic mass is 16.3. The van der Waals surface area contributed by atoms with E-state index in [1.54, 1.807) is 0 Å². The zero-order valence-corrected chi connectivity index (χ0v) is 17.2. The Kier molecular flexibility index (Phi) is 4.21. The Morgan fingerprint density at radius 3 is 2.54 bits per heavy atom. The molecule has 0 heterocycles. The van der Waals surface area contributed by atoms with Gasteiger partial charge in [0.15, 0.2) is 5.78 Å². The smallest absolute Gasteiger partial charge is 0.165 e. The molecule has 28 heavy (non-hydrogen) atoms. The Hall–Kier alpha value is -1.67. The quantitative estimate of drug-likeness (QED) is 0.514. The average molecular weight is 377 g/mol. The van der Waals surface area contributed by atoms with Crippen LogP contribution in [0.1, 0.15) is 64.4 Å². The summed E-state index contributed by atoms with van der Waals surface area (Å²) in [6.07, 6.45) is 11.5. The summed E-state index contributed by atoms with van der Waals surface area (Å²) in [4.78, 5) is 13.4. The minimum atomic E-state index is -0.183. The SMILES string of the molecule is C[C@]12CCC(O)CC1=CC[C@@H]1[C@@H]2CC[C@]2(C)C(=O)/C(=C\c3ccccc3)C[C@@H]12. The molecule has 6 atom stereocenters. The fraction of sp³-hybridized carbons (Fsp3) is 0.577. The highest BCUT2D eigenvalue weighted by Gasteiger charge is 2.59. The molecular weight excluding hydrogens is 344 g/mol. The molecule has 3 fully saturated rings. The van der Waals surface area contributed by atoms with Crippen LogP contribution in [0, 0.1) is 28.6 Å². The van der Waals surface area contributed by atoms with Crippen LogP contribution in [0.4, 0.5) is 0 Å². The fourth-order valence-electron chi connectivity index (χ4n) is 7.19. The lowest BCUT2D eigenvalue weighted by Gasteiger charge is -2.56. The second kappa shape index (κ2) is 6.42. The molecule has 2 nitrogen and oxygen atoms in total. The Bertz CT molecular complexity index is 850. The Balaban J connectivity index is 1.48. The molecule has 0 aromatic heterocycles. The summed E-state index contributed by atoms with van der Waals surface area (Å²) in [7, 11) is 0. The van der Waals surface area contributed by atoms with Gasteiger partial charge in [-0.3, -0.25) is 4.79 Å². The average Bonchev–Trinajstić information content (AvgIpc) is 2.94. The third kappa shape index (κ3) is 2.60. The topological polar surface area (TPSA) is 37.3 Å². The number of carbonyl (C=O) groups is 1. The van der Waals surface area contributed by atoms with Gasteiger partial charge in [0.2, 0.25) is 0 Å². The van der Waals surface area contributed by atoms with Gasteiger partial charge in [-0.1, -0.05) is 55.8 Å².